The second kappa shape index (κ2) is 9.97. The highest BCUT2D eigenvalue weighted by atomic mass is 16.5. The summed E-state index contributed by atoms with van der Waals surface area (Å²) in [6, 6.07) is 14.3. The molecule has 3 aromatic rings. The van der Waals surface area contributed by atoms with Gasteiger partial charge in [-0.1, -0.05) is 55.8 Å². The van der Waals surface area contributed by atoms with E-state index in [1.165, 1.54) is 14.2 Å². The number of benzene rings is 2. The number of Topliss-reactive ketones (excluding diaryl/α,β-unsaturated/α-hetero) is 2. The average Bonchev–Trinajstić information content (AvgIpc) is 3.23. The van der Waals surface area contributed by atoms with Crippen LogP contribution in [0.5, 0.6) is 0 Å². The van der Waals surface area contributed by atoms with Gasteiger partial charge < -0.3 is 19.1 Å². The number of unbranched alkanes of at least 4 members (excludes halogenated alkanes) is 1. The Bertz CT molecular complexity index is 1330. The lowest BCUT2D eigenvalue weighted by atomic mass is 9.98. The Balaban J connectivity index is 1.73. The van der Waals surface area contributed by atoms with E-state index in [4.69, 9.17) is 9.47 Å². The van der Waals surface area contributed by atoms with Crippen LogP contribution < -0.4 is 0 Å². The van der Waals surface area contributed by atoms with E-state index in [1.807, 2.05) is 24.3 Å². The normalized spacial score (nSPS) is 13.1. The van der Waals surface area contributed by atoms with Crippen molar-refractivity contribution in [3.8, 4) is 11.1 Å². The first-order valence-electron chi connectivity index (χ1n) is 11.3. The summed E-state index contributed by atoms with van der Waals surface area (Å²) in [6.07, 6.45) is 2.39. The number of hydrogen-bond donors (Lipinski definition) is 1. The Labute approximate surface area is 202 Å². The van der Waals surface area contributed by atoms with Crippen LogP contribution in [-0.2, 0) is 22.4 Å². The highest BCUT2D eigenvalue weighted by Crippen LogP contribution is 2.30. The molecule has 0 fully saturated rings. The number of methoxy groups -OCH3 is 2. The third kappa shape index (κ3) is 4.35. The van der Waals surface area contributed by atoms with Crippen LogP contribution >= 0.6 is 0 Å². The van der Waals surface area contributed by atoms with Crippen molar-refractivity contribution in [2.75, 3.05) is 14.2 Å². The second-order valence-corrected chi connectivity index (χ2v) is 8.19. The van der Waals surface area contributed by atoms with E-state index >= 15 is 0 Å². The number of hydrogen-bond acceptors (Lipinski definition) is 6. The first-order valence-corrected chi connectivity index (χ1v) is 11.3. The van der Waals surface area contributed by atoms with Crippen LogP contribution in [0.3, 0.4) is 0 Å². The van der Waals surface area contributed by atoms with Crippen LogP contribution in [0, 0.1) is 0 Å². The summed E-state index contributed by atoms with van der Waals surface area (Å²) in [5, 5.41) is 9.50. The molecule has 1 aliphatic carbocycles. The van der Waals surface area contributed by atoms with Crippen molar-refractivity contribution in [3.63, 3.8) is 0 Å². The second-order valence-electron chi connectivity index (χ2n) is 8.19. The molecule has 0 bridgehead atoms. The summed E-state index contributed by atoms with van der Waals surface area (Å²) >= 11 is 0. The Morgan fingerprint density at radius 2 is 1.63 bits per heavy atom. The number of aromatic nitrogens is 2. The lowest BCUT2D eigenvalue weighted by molar-refractivity contribution is 0.0697. The van der Waals surface area contributed by atoms with E-state index in [0.717, 1.165) is 24.0 Å². The molecule has 1 aliphatic rings. The monoisotopic (exact) mass is 474 g/mol. The molecule has 2 aromatic carbocycles. The van der Waals surface area contributed by atoms with Crippen molar-refractivity contribution in [2.45, 2.75) is 32.7 Å². The smallest absolute Gasteiger partial charge is 0.336 e. The molecule has 0 radical (unpaired) electrons. The molecule has 1 heterocycles. The van der Waals surface area contributed by atoms with Crippen LogP contribution in [-0.4, -0.2) is 46.4 Å². The van der Waals surface area contributed by atoms with Crippen molar-refractivity contribution in [2.24, 2.45) is 0 Å². The fourth-order valence-corrected chi connectivity index (χ4v) is 4.27. The number of ether oxygens (including phenoxy) is 2. The van der Waals surface area contributed by atoms with Gasteiger partial charge in [0.2, 0.25) is 17.3 Å². The van der Waals surface area contributed by atoms with Gasteiger partial charge in [-0.25, -0.2) is 9.78 Å². The van der Waals surface area contributed by atoms with Gasteiger partial charge in [-0.3, -0.25) is 9.59 Å². The van der Waals surface area contributed by atoms with Gasteiger partial charge in [0.05, 0.1) is 19.8 Å². The minimum Gasteiger partial charge on any atom is -0.489 e. The molecule has 8 heteroatoms. The van der Waals surface area contributed by atoms with Gasteiger partial charge in [0, 0.05) is 13.0 Å². The summed E-state index contributed by atoms with van der Waals surface area (Å²) < 4.78 is 12.2. The number of allylic oxidation sites excluding steroid dienone is 2. The zero-order chi connectivity index (χ0) is 25.1. The molecule has 0 aliphatic heterocycles. The number of nitrogens with zero attached hydrogens (tertiary/aromatic N) is 2. The fraction of sp³-hybridized carbons (Fsp3) is 0.259. The number of carboxylic acids is 1. The zero-order valence-electron chi connectivity index (χ0n) is 19.8. The summed E-state index contributed by atoms with van der Waals surface area (Å²) in [5.41, 5.74) is 2.76. The van der Waals surface area contributed by atoms with Crippen molar-refractivity contribution in [1.82, 2.24) is 9.55 Å². The Hall–Kier alpha value is -4.20. The predicted octanol–water partition coefficient (Wildman–Crippen LogP) is 4.52. The minimum atomic E-state index is -0.990. The Kier molecular flexibility index (Phi) is 6.82. The van der Waals surface area contributed by atoms with Gasteiger partial charge >= 0.3 is 5.97 Å². The molecule has 0 amide bonds. The molecular formula is C27H26N2O6. The minimum absolute atomic E-state index is 0.0748. The van der Waals surface area contributed by atoms with Crippen molar-refractivity contribution < 1.29 is 29.0 Å². The molecule has 4 rings (SSSR count). The third-order valence-corrected chi connectivity index (χ3v) is 6.02. The van der Waals surface area contributed by atoms with E-state index in [0.29, 0.717) is 24.4 Å². The van der Waals surface area contributed by atoms with E-state index in [-0.39, 0.29) is 28.5 Å². The Morgan fingerprint density at radius 1 is 0.971 bits per heavy atom. The molecule has 8 nitrogen and oxygen atoms in total. The number of fused-ring (bicyclic) bond motifs is 1. The summed E-state index contributed by atoms with van der Waals surface area (Å²) in [4.78, 5) is 42.4. The topological polar surface area (TPSA) is 108 Å². The van der Waals surface area contributed by atoms with Gasteiger partial charge in [0.1, 0.15) is 17.2 Å². The Morgan fingerprint density at radius 3 is 2.26 bits per heavy atom. The van der Waals surface area contributed by atoms with E-state index in [1.54, 1.807) is 28.8 Å². The molecule has 0 saturated heterocycles. The SMILES string of the molecule is CCCCc1nc2c(n1Cc1ccc(-c3ccccc3C(=O)O)cc1)C(=O)C(OC)=C(OC)C2=O. The molecule has 0 saturated carbocycles. The third-order valence-electron chi connectivity index (χ3n) is 6.02. The van der Waals surface area contributed by atoms with Crippen molar-refractivity contribution >= 4 is 17.5 Å². The molecular weight excluding hydrogens is 448 g/mol. The van der Waals surface area contributed by atoms with E-state index < -0.39 is 17.5 Å². The molecule has 180 valence electrons. The van der Waals surface area contributed by atoms with Crippen LogP contribution in [0.15, 0.2) is 60.0 Å². The molecule has 0 atom stereocenters. The number of aryl methyl sites for hydroxylation is 1. The van der Waals surface area contributed by atoms with Gasteiger partial charge in [-0.05, 0) is 29.2 Å². The number of rotatable bonds is 9. The van der Waals surface area contributed by atoms with Crippen LogP contribution in [0.1, 0.15) is 62.5 Å². The van der Waals surface area contributed by atoms with Gasteiger partial charge in [-0.15, -0.1) is 0 Å². The molecule has 35 heavy (non-hydrogen) atoms. The average molecular weight is 475 g/mol. The predicted molar refractivity (Wildman–Crippen MR) is 128 cm³/mol. The first-order chi connectivity index (χ1) is 16.9. The highest BCUT2D eigenvalue weighted by molar-refractivity contribution is 6.24. The largest absolute Gasteiger partial charge is 0.489 e. The number of ketones is 2. The maximum absolute atomic E-state index is 13.3. The molecule has 1 aromatic heterocycles. The number of carboxylic acid groups (broad SMARTS) is 1. The van der Waals surface area contributed by atoms with Crippen LogP contribution in [0.25, 0.3) is 11.1 Å². The quantitative estimate of drug-likeness (QED) is 0.486. The lowest BCUT2D eigenvalue weighted by Crippen LogP contribution is -2.26. The number of carbonyl (C=O) groups is 3. The highest BCUT2D eigenvalue weighted by Gasteiger charge is 2.39. The lowest BCUT2D eigenvalue weighted by Gasteiger charge is -2.18. The number of carbonyl (C=O) groups excluding carboxylic acids is 2. The maximum Gasteiger partial charge on any atom is 0.336 e. The van der Waals surface area contributed by atoms with E-state index in [2.05, 4.69) is 11.9 Å². The standard InChI is InChI=1S/C27H26N2O6/c1-4-5-10-20-28-21-22(24(31)26(35-3)25(34-2)23(21)30)29(20)15-16-11-13-17(14-12-16)18-8-6-7-9-19(18)27(32)33/h6-9,11-14H,4-5,10,15H2,1-3H3,(H,32,33). The fourth-order valence-electron chi connectivity index (χ4n) is 4.27. The van der Waals surface area contributed by atoms with Crippen molar-refractivity contribution in [3.05, 3.63) is 88.4 Å². The maximum atomic E-state index is 13.3. The van der Waals surface area contributed by atoms with Gasteiger partial charge in [0.25, 0.3) is 5.78 Å². The summed E-state index contributed by atoms with van der Waals surface area (Å²) in [5.74, 6) is -1.54. The zero-order valence-corrected chi connectivity index (χ0v) is 19.8. The molecule has 1 N–H and O–H groups in total. The number of imidazole rings is 1. The molecule has 0 unspecified atom stereocenters. The number of aromatic carboxylic acids is 1. The van der Waals surface area contributed by atoms with Crippen LogP contribution in [0.2, 0.25) is 0 Å². The van der Waals surface area contributed by atoms with Gasteiger partial charge in [-0.2, -0.15) is 0 Å². The van der Waals surface area contributed by atoms with Crippen molar-refractivity contribution in [1.29, 1.82) is 0 Å². The summed E-state index contributed by atoms with van der Waals surface area (Å²) in [6.45, 7) is 2.38. The molecule has 0 spiro atoms. The van der Waals surface area contributed by atoms with E-state index in [9.17, 15) is 19.5 Å². The van der Waals surface area contributed by atoms with Gasteiger partial charge in [0.15, 0.2) is 0 Å². The first kappa shape index (κ1) is 23.9. The van der Waals surface area contributed by atoms with Crippen LogP contribution in [0.4, 0.5) is 0 Å². The summed E-state index contributed by atoms with van der Waals surface area (Å²) in [7, 11) is 2.65.